The largest absolute Gasteiger partial charge is 0.381 e. The lowest BCUT2D eigenvalue weighted by atomic mass is 9.97. The standard InChI is InChI=1S/C12H13NO2/c1-8(2)11(14)12(15)10-5-3-4-9(6-10)7-13/h3-6,8,12,15H,1-2H3/t12-/m1/s1. The van der Waals surface area contributed by atoms with Crippen molar-refractivity contribution in [1.82, 2.24) is 0 Å². The first-order valence-electron chi connectivity index (χ1n) is 4.78. The number of hydrogen-bond acceptors (Lipinski definition) is 3. The molecule has 15 heavy (non-hydrogen) atoms. The number of nitrogens with zero attached hydrogens (tertiary/aromatic N) is 1. The monoisotopic (exact) mass is 203 g/mol. The molecule has 78 valence electrons. The highest BCUT2D eigenvalue weighted by molar-refractivity contribution is 5.85. The van der Waals surface area contributed by atoms with Crippen LogP contribution >= 0.6 is 0 Å². The number of benzene rings is 1. The number of aliphatic hydroxyl groups is 1. The average molecular weight is 203 g/mol. The first-order valence-corrected chi connectivity index (χ1v) is 4.78. The lowest BCUT2D eigenvalue weighted by molar-refractivity contribution is -0.130. The maximum Gasteiger partial charge on any atom is 0.168 e. The van der Waals surface area contributed by atoms with Crippen LogP contribution < -0.4 is 0 Å². The van der Waals surface area contributed by atoms with Gasteiger partial charge in [0.2, 0.25) is 0 Å². The second kappa shape index (κ2) is 4.72. The summed E-state index contributed by atoms with van der Waals surface area (Å²) in [6.07, 6.45) is -1.13. The molecule has 1 atom stereocenters. The number of aliphatic hydroxyl groups excluding tert-OH is 1. The molecule has 1 aromatic carbocycles. The van der Waals surface area contributed by atoms with Gasteiger partial charge < -0.3 is 5.11 Å². The summed E-state index contributed by atoms with van der Waals surface area (Å²) in [7, 11) is 0. The molecule has 0 aliphatic rings. The summed E-state index contributed by atoms with van der Waals surface area (Å²) in [5, 5.41) is 18.4. The molecule has 3 nitrogen and oxygen atoms in total. The maximum absolute atomic E-state index is 11.5. The van der Waals surface area contributed by atoms with Crippen molar-refractivity contribution in [3.8, 4) is 6.07 Å². The van der Waals surface area contributed by atoms with Gasteiger partial charge in [-0.05, 0) is 17.7 Å². The van der Waals surface area contributed by atoms with Crippen LogP contribution in [0.4, 0.5) is 0 Å². The van der Waals surface area contributed by atoms with Gasteiger partial charge in [-0.15, -0.1) is 0 Å². The molecule has 1 aromatic rings. The fraction of sp³-hybridized carbons (Fsp3) is 0.333. The van der Waals surface area contributed by atoms with Crippen molar-refractivity contribution in [2.45, 2.75) is 20.0 Å². The Bertz CT molecular complexity index is 404. The Kier molecular flexibility index (Phi) is 3.59. The molecule has 0 aromatic heterocycles. The molecule has 0 bridgehead atoms. The minimum Gasteiger partial charge on any atom is -0.381 e. The first-order chi connectivity index (χ1) is 7.06. The number of hydrogen-bond donors (Lipinski definition) is 1. The van der Waals surface area contributed by atoms with Crippen molar-refractivity contribution < 1.29 is 9.90 Å². The number of rotatable bonds is 3. The third-order valence-corrected chi connectivity index (χ3v) is 2.17. The lowest BCUT2D eigenvalue weighted by Gasteiger charge is -2.12. The lowest BCUT2D eigenvalue weighted by Crippen LogP contribution is -2.17. The van der Waals surface area contributed by atoms with Crippen LogP contribution in [0.2, 0.25) is 0 Å². The molecule has 0 saturated carbocycles. The SMILES string of the molecule is CC(C)C(=O)[C@H](O)c1cccc(C#N)c1. The molecule has 0 aliphatic carbocycles. The van der Waals surface area contributed by atoms with Crippen LogP contribution in [0.25, 0.3) is 0 Å². The molecule has 0 heterocycles. The van der Waals surface area contributed by atoms with Gasteiger partial charge in [0.25, 0.3) is 0 Å². The minimum atomic E-state index is -1.13. The van der Waals surface area contributed by atoms with Gasteiger partial charge in [0.1, 0.15) is 6.10 Å². The zero-order valence-corrected chi connectivity index (χ0v) is 8.77. The Morgan fingerprint density at radius 2 is 2.13 bits per heavy atom. The number of Topliss-reactive ketones (excluding diaryl/α,β-unsaturated/α-hetero) is 1. The highest BCUT2D eigenvalue weighted by atomic mass is 16.3. The molecular weight excluding hydrogens is 190 g/mol. The molecular formula is C12H13NO2. The van der Waals surface area contributed by atoms with Crippen LogP contribution in [0.1, 0.15) is 31.1 Å². The Hall–Kier alpha value is -1.66. The molecule has 0 unspecified atom stereocenters. The van der Waals surface area contributed by atoms with E-state index >= 15 is 0 Å². The van der Waals surface area contributed by atoms with Crippen LogP contribution in [0.15, 0.2) is 24.3 Å². The molecule has 1 N–H and O–H groups in total. The molecule has 1 rings (SSSR count). The van der Waals surface area contributed by atoms with Crippen LogP contribution in [-0.2, 0) is 4.79 Å². The van der Waals surface area contributed by atoms with E-state index < -0.39 is 6.10 Å². The van der Waals surface area contributed by atoms with Gasteiger partial charge in [-0.2, -0.15) is 5.26 Å². The summed E-state index contributed by atoms with van der Waals surface area (Å²) in [4.78, 5) is 11.5. The van der Waals surface area contributed by atoms with E-state index in [0.717, 1.165) is 0 Å². The average Bonchev–Trinajstić information content (AvgIpc) is 2.27. The summed E-state index contributed by atoms with van der Waals surface area (Å²) < 4.78 is 0. The van der Waals surface area contributed by atoms with Gasteiger partial charge in [-0.3, -0.25) is 4.79 Å². The summed E-state index contributed by atoms with van der Waals surface area (Å²) >= 11 is 0. The van der Waals surface area contributed by atoms with E-state index in [1.165, 1.54) is 6.07 Å². The van der Waals surface area contributed by atoms with Gasteiger partial charge in [0.05, 0.1) is 11.6 Å². The minimum absolute atomic E-state index is 0.217. The zero-order chi connectivity index (χ0) is 11.4. The topological polar surface area (TPSA) is 61.1 Å². The van der Waals surface area contributed by atoms with Gasteiger partial charge in [0.15, 0.2) is 5.78 Å². The van der Waals surface area contributed by atoms with E-state index in [0.29, 0.717) is 11.1 Å². The zero-order valence-electron chi connectivity index (χ0n) is 8.77. The van der Waals surface area contributed by atoms with Crippen molar-refractivity contribution in [3.05, 3.63) is 35.4 Å². The van der Waals surface area contributed by atoms with Gasteiger partial charge >= 0.3 is 0 Å². The van der Waals surface area contributed by atoms with Gasteiger partial charge in [0, 0.05) is 5.92 Å². The van der Waals surface area contributed by atoms with Crippen LogP contribution in [0.3, 0.4) is 0 Å². The van der Waals surface area contributed by atoms with Crippen molar-refractivity contribution >= 4 is 5.78 Å². The maximum atomic E-state index is 11.5. The molecule has 0 spiro atoms. The predicted octanol–water partition coefficient (Wildman–Crippen LogP) is 1.82. The Morgan fingerprint density at radius 1 is 1.47 bits per heavy atom. The molecule has 3 heteroatoms. The van der Waals surface area contributed by atoms with E-state index in [1.54, 1.807) is 32.0 Å². The summed E-state index contributed by atoms with van der Waals surface area (Å²) in [6, 6.07) is 8.44. The third kappa shape index (κ3) is 2.64. The Balaban J connectivity index is 2.97. The fourth-order valence-electron chi connectivity index (χ4n) is 1.26. The summed E-state index contributed by atoms with van der Waals surface area (Å²) in [6.45, 7) is 3.47. The van der Waals surface area contributed by atoms with Crippen molar-refractivity contribution in [1.29, 1.82) is 5.26 Å². The third-order valence-electron chi connectivity index (χ3n) is 2.17. The molecule has 0 amide bonds. The molecule has 0 saturated heterocycles. The van der Waals surface area contributed by atoms with Crippen LogP contribution in [0.5, 0.6) is 0 Å². The highest BCUT2D eigenvalue weighted by Crippen LogP contribution is 2.18. The molecule has 0 fully saturated rings. The van der Waals surface area contributed by atoms with Crippen molar-refractivity contribution in [3.63, 3.8) is 0 Å². The molecule has 0 aliphatic heterocycles. The van der Waals surface area contributed by atoms with Crippen LogP contribution in [0, 0.1) is 17.2 Å². The van der Waals surface area contributed by atoms with E-state index in [4.69, 9.17) is 5.26 Å². The van der Waals surface area contributed by atoms with Crippen molar-refractivity contribution in [2.75, 3.05) is 0 Å². The fourth-order valence-corrected chi connectivity index (χ4v) is 1.26. The second-order valence-electron chi connectivity index (χ2n) is 3.70. The predicted molar refractivity (Wildman–Crippen MR) is 56.0 cm³/mol. The normalized spacial score (nSPS) is 12.2. The van der Waals surface area contributed by atoms with E-state index in [-0.39, 0.29) is 11.7 Å². The number of carbonyl (C=O) groups excluding carboxylic acids is 1. The molecule has 0 radical (unpaired) electrons. The van der Waals surface area contributed by atoms with Gasteiger partial charge in [-0.25, -0.2) is 0 Å². The Labute approximate surface area is 89.0 Å². The van der Waals surface area contributed by atoms with E-state index in [1.807, 2.05) is 6.07 Å². The summed E-state index contributed by atoms with van der Waals surface area (Å²) in [5.41, 5.74) is 0.927. The Morgan fingerprint density at radius 3 is 2.67 bits per heavy atom. The second-order valence-corrected chi connectivity index (χ2v) is 3.70. The van der Waals surface area contributed by atoms with Crippen LogP contribution in [-0.4, -0.2) is 10.9 Å². The van der Waals surface area contributed by atoms with Gasteiger partial charge in [-0.1, -0.05) is 26.0 Å². The van der Waals surface area contributed by atoms with E-state index in [9.17, 15) is 9.90 Å². The quantitative estimate of drug-likeness (QED) is 0.815. The van der Waals surface area contributed by atoms with E-state index in [2.05, 4.69) is 0 Å². The number of nitriles is 1. The van der Waals surface area contributed by atoms with Crippen molar-refractivity contribution in [2.24, 2.45) is 5.92 Å². The number of carbonyl (C=O) groups is 1. The highest BCUT2D eigenvalue weighted by Gasteiger charge is 2.20. The number of ketones is 1. The first kappa shape index (κ1) is 11.4. The summed E-state index contributed by atoms with van der Waals surface area (Å²) in [5.74, 6) is -0.448. The smallest absolute Gasteiger partial charge is 0.168 e.